The van der Waals surface area contributed by atoms with Gasteiger partial charge in [0.25, 0.3) is 5.91 Å². The number of carbonyl (C=O) groups excluding carboxylic acids is 2. The maximum Gasteiger partial charge on any atom is 0.253 e. The average molecular weight is 472 g/mol. The van der Waals surface area contributed by atoms with Crippen LogP contribution in [0.15, 0.2) is 53.0 Å². The standard InChI is InChI=1S/C22H22BrN3O2S/c1-2-25-19-9-4-3-8-17(19)22(21(25)28)18(11-16-12-29-13-26(16)22)20(27)24-15-7-5-6-14(23)10-15/h3-10,16,18H,2,11-13H2,1H3,(H,24,27)/t16-,18+,22+/m1/s1. The third-order valence-electron chi connectivity index (χ3n) is 6.35. The van der Waals surface area contributed by atoms with E-state index >= 15 is 0 Å². The van der Waals surface area contributed by atoms with Crippen molar-refractivity contribution in [2.45, 2.75) is 24.9 Å². The molecule has 0 saturated carbocycles. The summed E-state index contributed by atoms with van der Waals surface area (Å²) in [7, 11) is 0. The van der Waals surface area contributed by atoms with Gasteiger partial charge in [-0.2, -0.15) is 0 Å². The fourth-order valence-corrected chi connectivity index (χ4v) is 6.90. The van der Waals surface area contributed by atoms with Crippen molar-refractivity contribution in [2.24, 2.45) is 5.92 Å². The highest BCUT2D eigenvalue weighted by molar-refractivity contribution is 9.10. The van der Waals surface area contributed by atoms with Crippen molar-refractivity contribution in [1.82, 2.24) is 4.90 Å². The zero-order valence-corrected chi connectivity index (χ0v) is 18.5. The van der Waals surface area contributed by atoms with Crippen LogP contribution < -0.4 is 10.2 Å². The van der Waals surface area contributed by atoms with Crippen molar-refractivity contribution in [3.05, 3.63) is 58.6 Å². The summed E-state index contributed by atoms with van der Waals surface area (Å²) in [4.78, 5) is 31.5. The molecule has 2 aromatic rings. The van der Waals surface area contributed by atoms with Gasteiger partial charge in [0.05, 0.1) is 5.92 Å². The van der Waals surface area contributed by atoms with E-state index < -0.39 is 11.5 Å². The van der Waals surface area contributed by atoms with E-state index in [0.717, 1.165) is 33.0 Å². The second kappa shape index (κ2) is 7.15. The molecule has 5 rings (SSSR count). The molecule has 29 heavy (non-hydrogen) atoms. The molecule has 0 aromatic heterocycles. The normalized spacial score (nSPS) is 28.1. The maximum atomic E-state index is 13.9. The first-order valence-corrected chi connectivity index (χ1v) is 11.8. The number of rotatable bonds is 3. The molecule has 1 N–H and O–H groups in total. The Labute approximate surface area is 183 Å². The van der Waals surface area contributed by atoms with Gasteiger partial charge >= 0.3 is 0 Å². The summed E-state index contributed by atoms with van der Waals surface area (Å²) >= 11 is 5.31. The Hall–Kier alpha value is -1.83. The molecule has 1 spiro atoms. The Morgan fingerprint density at radius 3 is 2.90 bits per heavy atom. The molecule has 2 saturated heterocycles. The van der Waals surface area contributed by atoms with Crippen LogP contribution in [0.2, 0.25) is 0 Å². The lowest BCUT2D eigenvalue weighted by Gasteiger charge is -2.36. The molecule has 2 aromatic carbocycles. The number of likely N-dealkylation sites (N-methyl/N-ethyl adjacent to an activating group) is 1. The zero-order chi connectivity index (χ0) is 20.2. The minimum Gasteiger partial charge on any atom is -0.326 e. The largest absolute Gasteiger partial charge is 0.326 e. The van der Waals surface area contributed by atoms with Crippen LogP contribution in [0.25, 0.3) is 0 Å². The van der Waals surface area contributed by atoms with Crippen LogP contribution in [0.4, 0.5) is 11.4 Å². The highest BCUT2D eigenvalue weighted by atomic mass is 79.9. The maximum absolute atomic E-state index is 13.9. The summed E-state index contributed by atoms with van der Waals surface area (Å²) in [6.45, 7) is 2.60. The fraction of sp³-hybridized carbons (Fsp3) is 0.364. The average Bonchev–Trinajstić information content (AvgIpc) is 3.35. The van der Waals surface area contributed by atoms with E-state index in [2.05, 4.69) is 26.1 Å². The highest BCUT2D eigenvalue weighted by Gasteiger charge is 2.67. The fourth-order valence-electron chi connectivity index (χ4n) is 5.19. The summed E-state index contributed by atoms with van der Waals surface area (Å²) in [6, 6.07) is 15.8. The number of hydrogen-bond acceptors (Lipinski definition) is 4. The number of nitrogens with one attached hydrogen (secondary N) is 1. The van der Waals surface area contributed by atoms with Gasteiger partial charge in [-0.3, -0.25) is 14.5 Å². The molecule has 3 aliphatic heterocycles. The Balaban J connectivity index is 1.61. The SMILES string of the molecule is CCN1C(=O)[C@]2(c3ccccc31)[C@H](C(=O)Nc1cccc(Br)c1)C[C@@H]1CSCN12. The van der Waals surface area contributed by atoms with E-state index in [1.807, 2.05) is 72.1 Å². The minimum atomic E-state index is -0.906. The molecule has 7 heteroatoms. The van der Waals surface area contributed by atoms with Gasteiger partial charge in [0.2, 0.25) is 5.91 Å². The van der Waals surface area contributed by atoms with Crippen molar-refractivity contribution in [3.8, 4) is 0 Å². The van der Waals surface area contributed by atoms with Crippen LogP contribution >= 0.6 is 27.7 Å². The molecule has 2 fully saturated rings. The molecule has 0 radical (unpaired) electrons. The second-order valence-electron chi connectivity index (χ2n) is 7.74. The minimum absolute atomic E-state index is 0.0422. The van der Waals surface area contributed by atoms with Crippen molar-refractivity contribution < 1.29 is 9.59 Å². The lowest BCUT2D eigenvalue weighted by molar-refractivity contribution is -0.136. The Morgan fingerprint density at radius 1 is 1.28 bits per heavy atom. The topological polar surface area (TPSA) is 52.7 Å². The number of carbonyl (C=O) groups is 2. The van der Waals surface area contributed by atoms with Gasteiger partial charge in [-0.05, 0) is 37.6 Å². The van der Waals surface area contributed by atoms with Gasteiger partial charge < -0.3 is 10.2 Å². The summed E-state index contributed by atoms with van der Waals surface area (Å²) in [5, 5.41) is 3.08. The number of thioether (sulfide) groups is 1. The number of fused-ring (bicyclic) bond motifs is 4. The van der Waals surface area contributed by atoms with Gasteiger partial charge in [-0.1, -0.05) is 40.2 Å². The van der Waals surface area contributed by atoms with E-state index in [1.165, 1.54) is 0 Å². The van der Waals surface area contributed by atoms with Crippen LogP contribution in [0.3, 0.4) is 0 Å². The van der Waals surface area contributed by atoms with Crippen LogP contribution in [-0.2, 0) is 15.1 Å². The molecular weight excluding hydrogens is 450 g/mol. The molecule has 3 aliphatic rings. The molecular formula is C22H22BrN3O2S. The van der Waals surface area contributed by atoms with E-state index in [-0.39, 0.29) is 17.9 Å². The number of benzene rings is 2. The summed E-state index contributed by atoms with van der Waals surface area (Å²) in [5.41, 5.74) is 1.76. The van der Waals surface area contributed by atoms with Crippen molar-refractivity contribution in [1.29, 1.82) is 0 Å². The highest BCUT2D eigenvalue weighted by Crippen LogP contribution is 2.57. The zero-order valence-electron chi connectivity index (χ0n) is 16.1. The first-order valence-electron chi connectivity index (χ1n) is 9.89. The summed E-state index contributed by atoms with van der Waals surface area (Å²) in [6.07, 6.45) is 0.699. The Morgan fingerprint density at radius 2 is 2.10 bits per heavy atom. The van der Waals surface area contributed by atoms with Gasteiger partial charge in [-0.15, -0.1) is 11.8 Å². The second-order valence-corrected chi connectivity index (χ2v) is 9.66. The number of anilines is 2. The first kappa shape index (κ1) is 19.2. The monoisotopic (exact) mass is 471 g/mol. The molecule has 2 amide bonds. The molecule has 5 nitrogen and oxygen atoms in total. The third kappa shape index (κ3) is 2.71. The summed E-state index contributed by atoms with van der Waals surface area (Å²) in [5.74, 6) is 1.29. The molecule has 0 unspecified atom stereocenters. The number of amides is 2. The third-order valence-corrected chi connectivity index (χ3v) is 7.92. The van der Waals surface area contributed by atoms with E-state index in [1.54, 1.807) is 0 Å². The number of hydrogen-bond donors (Lipinski definition) is 1. The van der Waals surface area contributed by atoms with Gasteiger partial charge in [-0.25, -0.2) is 0 Å². The van der Waals surface area contributed by atoms with E-state index in [9.17, 15) is 9.59 Å². The van der Waals surface area contributed by atoms with Crippen molar-refractivity contribution >= 4 is 50.9 Å². The molecule has 0 aliphatic carbocycles. The van der Waals surface area contributed by atoms with Crippen LogP contribution in [0.1, 0.15) is 18.9 Å². The van der Waals surface area contributed by atoms with E-state index in [4.69, 9.17) is 0 Å². The molecule has 0 bridgehead atoms. The van der Waals surface area contributed by atoms with Gasteiger partial charge in [0, 0.05) is 45.6 Å². The predicted octanol–water partition coefficient (Wildman–Crippen LogP) is 4.04. The van der Waals surface area contributed by atoms with Gasteiger partial charge in [0.1, 0.15) is 5.54 Å². The van der Waals surface area contributed by atoms with Crippen LogP contribution in [-0.4, -0.2) is 40.9 Å². The summed E-state index contributed by atoms with van der Waals surface area (Å²) < 4.78 is 0.910. The lowest BCUT2D eigenvalue weighted by atomic mass is 9.79. The van der Waals surface area contributed by atoms with Crippen LogP contribution in [0.5, 0.6) is 0 Å². The van der Waals surface area contributed by atoms with Gasteiger partial charge in [0.15, 0.2) is 0 Å². The van der Waals surface area contributed by atoms with Crippen molar-refractivity contribution in [2.75, 3.05) is 28.4 Å². The van der Waals surface area contributed by atoms with Crippen molar-refractivity contribution in [3.63, 3.8) is 0 Å². The molecule has 150 valence electrons. The Bertz CT molecular complexity index is 1000. The van der Waals surface area contributed by atoms with Crippen LogP contribution in [0, 0.1) is 5.92 Å². The Kier molecular flexibility index (Phi) is 4.72. The van der Waals surface area contributed by atoms with E-state index in [0.29, 0.717) is 13.0 Å². The quantitative estimate of drug-likeness (QED) is 0.733. The number of halogens is 1. The first-order chi connectivity index (χ1) is 14.1. The number of para-hydroxylation sites is 1. The number of nitrogens with zero attached hydrogens (tertiary/aromatic N) is 2. The molecule has 3 heterocycles. The molecule has 3 atom stereocenters. The predicted molar refractivity (Wildman–Crippen MR) is 120 cm³/mol. The lowest BCUT2D eigenvalue weighted by Crippen LogP contribution is -2.55. The smallest absolute Gasteiger partial charge is 0.253 e.